The van der Waals surface area contributed by atoms with Gasteiger partial charge in [0.25, 0.3) is 0 Å². The molecule has 1 aliphatic heterocycles. The van der Waals surface area contributed by atoms with Crippen LogP contribution in [0.25, 0.3) is 10.9 Å². The summed E-state index contributed by atoms with van der Waals surface area (Å²) < 4.78 is 1.04. The first-order chi connectivity index (χ1) is 11.3. The van der Waals surface area contributed by atoms with E-state index in [1.165, 1.54) is 0 Å². The molecule has 7 heteroatoms. The number of halogens is 1. The third kappa shape index (κ3) is 2.96. The van der Waals surface area contributed by atoms with Gasteiger partial charge in [-0.1, -0.05) is 15.9 Å². The monoisotopic (exact) mass is 370 g/mol. The molecular formula is C16H15BrN6. The Morgan fingerprint density at radius 3 is 2.52 bits per heavy atom. The van der Waals surface area contributed by atoms with Crippen LogP contribution in [0.15, 0.2) is 47.5 Å². The summed E-state index contributed by atoms with van der Waals surface area (Å²) in [5.41, 5.74) is 0.967. The fraction of sp³-hybridized carbons (Fsp3) is 0.250. The summed E-state index contributed by atoms with van der Waals surface area (Å²) in [6.07, 6.45) is 7.12. The molecule has 0 saturated carbocycles. The zero-order valence-electron chi connectivity index (χ0n) is 12.4. The van der Waals surface area contributed by atoms with Crippen LogP contribution in [0.5, 0.6) is 0 Å². The van der Waals surface area contributed by atoms with Crippen LogP contribution in [-0.4, -0.2) is 46.1 Å². The van der Waals surface area contributed by atoms with Crippen molar-refractivity contribution in [3.8, 4) is 0 Å². The second kappa shape index (κ2) is 6.08. The Labute approximate surface area is 142 Å². The van der Waals surface area contributed by atoms with E-state index in [1.807, 2.05) is 24.4 Å². The molecule has 6 nitrogen and oxygen atoms in total. The van der Waals surface area contributed by atoms with Gasteiger partial charge in [-0.2, -0.15) is 0 Å². The van der Waals surface area contributed by atoms with Crippen LogP contribution in [-0.2, 0) is 0 Å². The number of benzene rings is 1. The molecule has 0 aliphatic carbocycles. The topological polar surface area (TPSA) is 58.0 Å². The highest BCUT2D eigenvalue weighted by Gasteiger charge is 2.20. The van der Waals surface area contributed by atoms with Crippen molar-refractivity contribution in [1.29, 1.82) is 0 Å². The zero-order valence-corrected chi connectivity index (χ0v) is 14.0. The molecule has 4 rings (SSSR count). The molecular weight excluding hydrogens is 356 g/mol. The minimum absolute atomic E-state index is 0.790. The fourth-order valence-corrected chi connectivity index (χ4v) is 3.12. The summed E-state index contributed by atoms with van der Waals surface area (Å²) in [7, 11) is 0. The normalized spacial score (nSPS) is 15.2. The quantitative estimate of drug-likeness (QED) is 0.690. The summed E-state index contributed by atoms with van der Waals surface area (Å²) in [6.45, 7) is 3.53. The van der Waals surface area contributed by atoms with E-state index in [4.69, 9.17) is 0 Å². The summed E-state index contributed by atoms with van der Waals surface area (Å²) in [5, 5.41) is 1.04. The third-order valence-electron chi connectivity index (χ3n) is 3.97. The van der Waals surface area contributed by atoms with Crippen LogP contribution in [0, 0.1) is 0 Å². The fourth-order valence-electron chi connectivity index (χ4n) is 2.74. The molecule has 2 aromatic heterocycles. The maximum Gasteiger partial charge on any atom is 0.225 e. The third-order valence-corrected chi connectivity index (χ3v) is 4.46. The molecule has 1 fully saturated rings. The highest BCUT2D eigenvalue weighted by atomic mass is 79.9. The molecule has 3 aromatic rings. The number of nitrogens with zero attached hydrogens (tertiary/aromatic N) is 6. The van der Waals surface area contributed by atoms with E-state index in [-0.39, 0.29) is 0 Å². The largest absolute Gasteiger partial charge is 0.352 e. The van der Waals surface area contributed by atoms with Gasteiger partial charge in [-0.05, 0) is 18.2 Å². The zero-order chi connectivity index (χ0) is 15.6. The van der Waals surface area contributed by atoms with Crippen LogP contribution in [0.1, 0.15) is 0 Å². The van der Waals surface area contributed by atoms with E-state index >= 15 is 0 Å². The number of anilines is 2. The van der Waals surface area contributed by atoms with Crippen molar-refractivity contribution < 1.29 is 0 Å². The molecule has 116 valence electrons. The minimum atomic E-state index is 0.790. The standard InChI is InChI=1S/C16H15BrN6/c17-13-1-2-14-12(9-13)10-20-16(21-14)23-7-5-22(6-8-23)15-11-18-3-4-19-15/h1-4,9-11H,5-8H2. The van der Waals surface area contributed by atoms with Gasteiger partial charge in [-0.25, -0.2) is 15.0 Å². The van der Waals surface area contributed by atoms with Gasteiger partial charge in [0.15, 0.2) is 0 Å². The van der Waals surface area contributed by atoms with E-state index in [1.54, 1.807) is 18.6 Å². The second-order valence-electron chi connectivity index (χ2n) is 5.41. The van der Waals surface area contributed by atoms with Crippen molar-refractivity contribution in [1.82, 2.24) is 19.9 Å². The van der Waals surface area contributed by atoms with Gasteiger partial charge in [-0.15, -0.1) is 0 Å². The highest BCUT2D eigenvalue weighted by molar-refractivity contribution is 9.10. The maximum absolute atomic E-state index is 4.69. The van der Waals surface area contributed by atoms with Gasteiger partial charge < -0.3 is 9.80 Å². The predicted octanol–water partition coefficient (Wildman–Crippen LogP) is 2.51. The maximum atomic E-state index is 4.69. The van der Waals surface area contributed by atoms with Crippen molar-refractivity contribution in [3.63, 3.8) is 0 Å². The molecule has 0 N–H and O–H groups in total. The Bertz CT molecular complexity index is 817. The van der Waals surface area contributed by atoms with Crippen LogP contribution in [0.3, 0.4) is 0 Å². The van der Waals surface area contributed by atoms with Gasteiger partial charge in [0.05, 0.1) is 11.7 Å². The molecule has 0 unspecified atom stereocenters. The Hall–Kier alpha value is -2.28. The first kappa shape index (κ1) is 14.3. The first-order valence-electron chi connectivity index (χ1n) is 7.48. The van der Waals surface area contributed by atoms with Gasteiger partial charge in [-0.3, -0.25) is 4.98 Å². The average Bonchev–Trinajstić information content (AvgIpc) is 2.62. The molecule has 3 heterocycles. The van der Waals surface area contributed by atoms with Crippen molar-refractivity contribution in [3.05, 3.63) is 47.5 Å². The highest BCUT2D eigenvalue weighted by Crippen LogP contribution is 2.21. The molecule has 0 amide bonds. The molecule has 1 saturated heterocycles. The molecule has 0 radical (unpaired) electrons. The minimum Gasteiger partial charge on any atom is -0.352 e. The summed E-state index contributed by atoms with van der Waals surface area (Å²) in [6, 6.07) is 6.05. The van der Waals surface area contributed by atoms with Gasteiger partial charge in [0.2, 0.25) is 5.95 Å². The summed E-state index contributed by atoms with van der Waals surface area (Å²) >= 11 is 3.47. The number of piperazine rings is 1. The van der Waals surface area contributed by atoms with Gasteiger partial charge >= 0.3 is 0 Å². The van der Waals surface area contributed by atoms with Crippen LogP contribution >= 0.6 is 15.9 Å². The van der Waals surface area contributed by atoms with Crippen LogP contribution in [0.4, 0.5) is 11.8 Å². The molecule has 0 spiro atoms. The summed E-state index contributed by atoms with van der Waals surface area (Å²) in [4.78, 5) is 22.1. The van der Waals surface area contributed by atoms with E-state index in [9.17, 15) is 0 Å². The lowest BCUT2D eigenvalue weighted by Crippen LogP contribution is -2.47. The lowest BCUT2D eigenvalue weighted by Gasteiger charge is -2.35. The Balaban J connectivity index is 1.51. The Kier molecular flexibility index (Phi) is 3.78. The predicted molar refractivity (Wildman–Crippen MR) is 93.7 cm³/mol. The molecule has 0 atom stereocenters. The van der Waals surface area contributed by atoms with E-state index < -0.39 is 0 Å². The number of aromatic nitrogens is 4. The number of hydrogen-bond acceptors (Lipinski definition) is 6. The van der Waals surface area contributed by atoms with E-state index in [0.717, 1.165) is 53.3 Å². The van der Waals surface area contributed by atoms with Gasteiger partial charge in [0, 0.05) is 54.6 Å². The first-order valence-corrected chi connectivity index (χ1v) is 8.27. The van der Waals surface area contributed by atoms with Crippen molar-refractivity contribution in [2.45, 2.75) is 0 Å². The van der Waals surface area contributed by atoms with Crippen LogP contribution < -0.4 is 9.80 Å². The van der Waals surface area contributed by atoms with Crippen LogP contribution in [0.2, 0.25) is 0 Å². The van der Waals surface area contributed by atoms with Gasteiger partial charge in [0.1, 0.15) is 5.82 Å². The summed E-state index contributed by atoms with van der Waals surface area (Å²) in [5.74, 6) is 1.72. The lowest BCUT2D eigenvalue weighted by atomic mass is 10.2. The number of fused-ring (bicyclic) bond motifs is 1. The second-order valence-corrected chi connectivity index (χ2v) is 6.33. The molecule has 1 aliphatic rings. The Morgan fingerprint density at radius 1 is 0.913 bits per heavy atom. The average molecular weight is 371 g/mol. The van der Waals surface area contributed by atoms with Crippen molar-refractivity contribution in [2.24, 2.45) is 0 Å². The molecule has 0 bridgehead atoms. The smallest absolute Gasteiger partial charge is 0.225 e. The number of rotatable bonds is 2. The van der Waals surface area contributed by atoms with E-state index in [0.29, 0.717) is 0 Å². The van der Waals surface area contributed by atoms with E-state index in [2.05, 4.69) is 45.7 Å². The number of hydrogen-bond donors (Lipinski definition) is 0. The Morgan fingerprint density at radius 2 is 1.74 bits per heavy atom. The van der Waals surface area contributed by atoms with Crippen molar-refractivity contribution >= 4 is 38.6 Å². The molecule has 23 heavy (non-hydrogen) atoms. The lowest BCUT2D eigenvalue weighted by molar-refractivity contribution is 0.634. The molecule has 1 aromatic carbocycles. The van der Waals surface area contributed by atoms with Crippen molar-refractivity contribution in [2.75, 3.05) is 36.0 Å². The SMILES string of the molecule is Brc1ccc2nc(N3CCN(c4cnccn4)CC3)ncc2c1.